The van der Waals surface area contributed by atoms with Crippen molar-refractivity contribution in [1.29, 1.82) is 0 Å². The van der Waals surface area contributed by atoms with Crippen LogP contribution in [0.15, 0.2) is 66.9 Å². The highest BCUT2D eigenvalue weighted by molar-refractivity contribution is 6.16. The molecule has 2 aliphatic rings. The summed E-state index contributed by atoms with van der Waals surface area (Å²) >= 11 is 0. The number of amides is 3. The maximum Gasteiger partial charge on any atom is 0.329 e. The van der Waals surface area contributed by atoms with Gasteiger partial charge in [0.1, 0.15) is 17.9 Å². The molecule has 1 fully saturated rings. The Hall–Kier alpha value is -5.19. The smallest absolute Gasteiger partial charge is 0.329 e. The van der Waals surface area contributed by atoms with Crippen molar-refractivity contribution in [3.05, 3.63) is 78.1 Å². The third kappa shape index (κ3) is 5.36. The number of benzene rings is 1. The molecule has 3 amide bonds. The third-order valence-electron chi connectivity index (χ3n) is 8.15. The predicted octanol–water partition coefficient (Wildman–Crippen LogP) is 4.73. The normalized spacial score (nSPS) is 15.3. The third-order valence-corrected chi connectivity index (χ3v) is 8.15. The molecule has 0 saturated carbocycles. The van der Waals surface area contributed by atoms with Crippen LogP contribution in [0.1, 0.15) is 35.2 Å². The molecule has 2 aliphatic heterocycles. The zero-order valence-electron chi connectivity index (χ0n) is 25.4. The molecule has 0 spiro atoms. The molecule has 1 saturated heterocycles. The summed E-state index contributed by atoms with van der Waals surface area (Å²) < 4.78 is 8.02. The van der Waals surface area contributed by atoms with Crippen LogP contribution in [0.2, 0.25) is 0 Å². The number of aromatic nitrogens is 3. The summed E-state index contributed by atoms with van der Waals surface area (Å²) in [6.07, 6.45) is 12.2. The Morgan fingerprint density at radius 2 is 1.82 bits per heavy atom. The minimum absolute atomic E-state index is 0.166. The van der Waals surface area contributed by atoms with E-state index in [4.69, 9.17) is 4.74 Å². The molecule has 0 unspecified atom stereocenters. The van der Waals surface area contributed by atoms with Gasteiger partial charge in [0.2, 0.25) is 11.7 Å². The number of carbonyl (C=O) groups is 3. The summed E-state index contributed by atoms with van der Waals surface area (Å²) in [6.45, 7) is 1.81. The van der Waals surface area contributed by atoms with Gasteiger partial charge in [0.05, 0.1) is 17.4 Å². The Bertz CT molecular complexity index is 1770. The number of urea groups is 1. The lowest BCUT2D eigenvalue weighted by molar-refractivity contribution is -0.127. The van der Waals surface area contributed by atoms with Crippen molar-refractivity contribution < 1.29 is 19.1 Å². The van der Waals surface area contributed by atoms with Crippen LogP contribution in [0.25, 0.3) is 17.1 Å². The van der Waals surface area contributed by atoms with Crippen LogP contribution in [-0.2, 0) is 11.8 Å². The molecule has 0 aliphatic carbocycles. The number of fused-ring (bicyclic) bond motifs is 2. The van der Waals surface area contributed by atoms with Crippen molar-refractivity contribution in [3.8, 4) is 5.75 Å². The zero-order valence-corrected chi connectivity index (χ0v) is 25.4. The van der Waals surface area contributed by atoms with Gasteiger partial charge in [-0.15, -0.1) is 0 Å². The Balaban J connectivity index is 1.29. The topological polar surface area (TPSA) is 104 Å². The molecule has 1 aromatic carbocycles. The minimum Gasteiger partial charge on any atom is -0.452 e. The fourth-order valence-corrected chi connectivity index (χ4v) is 5.71. The van der Waals surface area contributed by atoms with Crippen molar-refractivity contribution in [2.75, 3.05) is 55.5 Å². The number of anilines is 3. The molecule has 5 heterocycles. The van der Waals surface area contributed by atoms with Gasteiger partial charge in [-0.2, -0.15) is 0 Å². The van der Waals surface area contributed by atoms with Crippen LogP contribution >= 0.6 is 0 Å². The molecule has 44 heavy (non-hydrogen) atoms. The van der Waals surface area contributed by atoms with Crippen molar-refractivity contribution >= 4 is 51.9 Å². The Morgan fingerprint density at radius 1 is 1.02 bits per heavy atom. The molecule has 0 bridgehead atoms. The number of ether oxygens (including phenoxy) is 1. The van der Waals surface area contributed by atoms with E-state index < -0.39 is 6.03 Å². The van der Waals surface area contributed by atoms with Gasteiger partial charge in [-0.1, -0.05) is 0 Å². The van der Waals surface area contributed by atoms with E-state index in [0.717, 1.165) is 48.2 Å². The number of hydrogen-bond donors (Lipinski definition) is 0. The van der Waals surface area contributed by atoms with Gasteiger partial charge in [-0.25, -0.2) is 9.78 Å². The van der Waals surface area contributed by atoms with E-state index in [1.807, 2.05) is 30.1 Å². The van der Waals surface area contributed by atoms with E-state index in [2.05, 4.69) is 14.9 Å². The number of ketones is 1. The molecule has 226 valence electrons. The first-order valence-electron chi connectivity index (χ1n) is 14.7. The van der Waals surface area contributed by atoms with Crippen LogP contribution in [0.5, 0.6) is 5.75 Å². The summed E-state index contributed by atoms with van der Waals surface area (Å²) in [5.74, 6) is 0.123. The number of allylic oxidation sites excluding steroid dienone is 1. The molecule has 6 rings (SSSR count). The maximum absolute atomic E-state index is 13.7. The molecule has 11 nitrogen and oxygen atoms in total. The molecule has 3 aromatic heterocycles. The second kappa shape index (κ2) is 11.8. The Labute approximate surface area is 255 Å². The molecule has 0 atom stereocenters. The Morgan fingerprint density at radius 3 is 2.55 bits per heavy atom. The zero-order chi connectivity index (χ0) is 31.0. The molecular formula is C33H35N7O4. The number of Topliss-reactive ketones (excluding diaryl/α,β-unsaturated/α-hetero) is 1. The monoisotopic (exact) mass is 593 g/mol. The van der Waals surface area contributed by atoms with E-state index >= 15 is 0 Å². The second-order valence-electron chi connectivity index (χ2n) is 11.3. The molecular weight excluding hydrogens is 558 g/mol. The molecule has 11 heteroatoms. The fourth-order valence-electron chi connectivity index (χ4n) is 5.71. The van der Waals surface area contributed by atoms with Crippen LogP contribution in [-0.4, -0.2) is 77.9 Å². The van der Waals surface area contributed by atoms with E-state index in [1.54, 1.807) is 63.7 Å². The molecule has 4 aromatic rings. The highest BCUT2D eigenvalue weighted by atomic mass is 16.5. The summed E-state index contributed by atoms with van der Waals surface area (Å²) in [5.41, 5.74) is 4.14. The largest absolute Gasteiger partial charge is 0.452 e. The molecule has 0 radical (unpaired) electrons. The van der Waals surface area contributed by atoms with Gasteiger partial charge < -0.3 is 19.1 Å². The van der Waals surface area contributed by atoms with Crippen molar-refractivity contribution in [2.45, 2.75) is 19.3 Å². The van der Waals surface area contributed by atoms with Crippen LogP contribution in [0.3, 0.4) is 0 Å². The van der Waals surface area contributed by atoms with E-state index in [0.29, 0.717) is 22.7 Å². The van der Waals surface area contributed by atoms with Crippen molar-refractivity contribution in [2.24, 2.45) is 7.05 Å². The number of aryl methyl sites for hydroxylation is 1. The van der Waals surface area contributed by atoms with Gasteiger partial charge in [-0.05, 0) is 61.7 Å². The number of pyridine rings is 2. The van der Waals surface area contributed by atoms with Gasteiger partial charge in [0, 0.05) is 82.2 Å². The number of hydrogen-bond acceptors (Lipinski definition) is 7. The maximum atomic E-state index is 13.7. The first-order chi connectivity index (χ1) is 21.2. The highest BCUT2D eigenvalue weighted by Crippen LogP contribution is 2.37. The number of likely N-dealkylation sites (N-methyl/N-ethyl adjacent to an activating group) is 1. The summed E-state index contributed by atoms with van der Waals surface area (Å²) in [5, 5.41) is 0.991. The number of nitrogens with zero attached hydrogens (tertiary/aromatic N) is 7. The fraction of sp³-hybridized carbons (Fsp3) is 0.303. The number of rotatable bonds is 6. The predicted molar refractivity (Wildman–Crippen MR) is 170 cm³/mol. The minimum atomic E-state index is -0.441. The average molecular weight is 594 g/mol. The van der Waals surface area contributed by atoms with Crippen molar-refractivity contribution in [3.63, 3.8) is 0 Å². The van der Waals surface area contributed by atoms with E-state index in [9.17, 15) is 14.4 Å². The van der Waals surface area contributed by atoms with Crippen LogP contribution in [0, 0.1) is 0 Å². The first-order valence-corrected chi connectivity index (χ1v) is 14.7. The van der Waals surface area contributed by atoms with Gasteiger partial charge in [0.25, 0.3) is 0 Å². The average Bonchev–Trinajstić information content (AvgIpc) is 3.54. The lowest BCUT2D eigenvalue weighted by Crippen LogP contribution is -2.46. The van der Waals surface area contributed by atoms with E-state index in [1.165, 1.54) is 27.3 Å². The lowest BCUT2D eigenvalue weighted by Gasteiger charge is -2.29. The first kappa shape index (κ1) is 28.9. The second-order valence-corrected chi connectivity index (χ2v) is 11.3. The van der Waals surface area contributed by atoms with Gasteiger partial charge in [0.15, 0.2) is 5.76 Å². The lowest BCUT2D eigenvalue weighted by atomic mass is 10.1. The van der Waals surface area contributed by atoms with Crippen LogP contribution in [0.4, 0.5) is 21.9 Å². The van der Waals surface area contributed by atoms with E-state index in [-0.39, 0.29) is 24.0 Å². The number of piperidine rings is 1. The standard InChI is InChI=1S/C33H35N7O4/c1-36(2)29(41)21-40(24-9-8-13-34-19-24)33(43)38(4)23-10-11-27-25(18-23)31(42)28(44-27)17-22-20-37(3)32-30(22)26(12-14-35-32)39-15-6-5-7-16-39/h8-14,17-20H,5-7,15-16,21H2,1-4H3. The quantitative estimate of drug-likeness (QED) is 0.298. The molecule has 0 N–H and O–H groups in total. The summed E-state index contributed by atoms with van der Waals surface area (Å²) in [6, 6.07) is 10.1. The summed E-state index contributed by atoms with van der Waals surface area (Å²) in [4.78, 5) is 55.2. The van der Waals surface area contributed by atoms with Gasteiger partial charge >= 0.3 is 6.03 Å². The van der Waals surface area contributed by atoms with Crippen molar-refractivity contribution in [1.82, 2.24) is 19.4 Å². The van der Waals surface area contributed by atoms with Gasteiger partial charge in [-0.3, -0.25) is 24.4 Å². The SMILES string of the molecule is CN(C)C(=O)CN(C(=O)N(C)c1ccc2c(c1)C(=O)C(=Cc1cn(C)c3nccc(N4CCCCC4)c13)O2)c1cccnc1. The number of carbonyl (C=O) groups excluding carboxylic acids is 3. The highest BCUT2D eigenvalue weighted by Gasteiger charge is 2.31. The van der Waals surface area contributed by atoms with Crippen LogP contribution < -0.4 is 19.4 Å². The summed E-state index contributed by atoms with van der Waals surface area (Å²) in [7, 11) is 6.83. The Kier molecular flexibility index (Phi) is 7.77.